The number of rotatable bonds is 4. The average molecular weight is 362 g/mol. The number of piperidine rings is 1. The van der Waals surface area contributed by atoms with Crippen LogP contribution in [0.3, 0.4) is 0 Å². The number of sulfonamides is 1. The van der Waals surface area contributed by atoms with Crippen molar-refractivity contribution >= 4 is 21.6 Å². The molecule has 0 atom stereocenters. The maximum atomic E-state index is 12.8. The third-order valence-corrected chi connectivity index (χ3v) is 5.84. The first-order chi connectivity index (χ1) is 10.4. The molecule has 2 rings (SSSR count). The summed E-state index contributed by atoms with van der Waals surface area (Å²) in [6.07, 6.45) is 1.52. The van der Waals surface area contributed by atoms with E-state index in [-0.39, 0.29) is 22.0 Å². The second-order valence-corrected chi connectivity index (χ2v) is 9.76. The van der Waals surface area contributed by atoms with Crippen LogP contribution in [-0.2, 0) is 10.0 Å². The van der Waals surface area contributed by atoms with Crippen molar-refractivity contribution in [1.29, 1.82) is 0 Å². The molecule has 0 bridgehead atoms. The van der Waals surface area contributed by atoms with Crippen molar-refractivity contribution in [1.82, 2.24) is 4.72 Å². The van der Waals surface area contributed by atoms with Crippen LogP contribution in [0, 0.1) is 0 Å². The molecule has 0 aliphatic carbocycles. The summed E-state index contributed by atoms with van der Waals surface area (Å²) in [4.78, 5) is 0.0812. The van der Waals surface area contributed by atoms with Crippen LogP contribution in [0.1, 0.15) is 40.5 Å². The maximum absolute atomic E-state index is 12.8. The van der Waals surface area contributed by atoms with Crippen molar-refractivity contribution in [2.24, 2.45) is 0 Å². The van der Waals surface area contributed by atoms with Crippen LogP contribution < -0.4 is 14.8 Å². The van der Waals surface area contributed by atoms with Crippen LogP contribution in [0.25, 0.3) is 0 Å². The Balaban J connectivity index is 2.30. The molecule has 130 valence electrons. The van der Waals surface area contributed by atoms with Gasteiger partial charge in [0.1, 0.15) is 10.6 Å². The first-order valence-corrected chi connectivity index (χ1v) is 9.53. The molecule has 0 spiro atoms. The smallest absolute Gasteiger partial charge is 0.244 e. The van der Waals surface area contributed by atoms with Gasteiger partial charge in [0.25, 0.3) is 0 Å². The van der Waals surface area contributed by atoms with Crippen LogP contribution in [-0.4, -0.2) is 32.6 Å². The van der Waals surface area contributed by atoms with Crippen LogP contribution in [0.15, 0.2) is 23.1 Å². The van der Waals surface area contributed by atoms with E-state index in [9.17, 15) is 8.42 Å². The van der Waals surface area contributed by atoms with Gasteiger partial charge in [-0.05, 0) is 45.9 Å². The number of ether oxygens (including phenoxy) is 1. The van der Waals surface area contributed by atoms with Gasteiger partial charge in [-0.2, -0.15) is 0 Å². The summed E-state index contributed by atoms with van der Waals surface area (Å²) in [6, 6.07) is 4.48. The predicted molar refractivity (Wildman–Crippen MR) is 91.4 cm³/mol. The average Bonchev–Trinajstić information content (AvgIpc) is 2.34. The lowest BCUT2D eigenvalue weighted by Crippen LogP contribution is -3.06. The minimum atomic E-state index is -3.70. The third-order valence-electron chi connectivity index (χ3n) is 4.06. The molecule has 23 heavy (non-hydrogen) atoms. The molecule has 1 aliphatic heterocycles. The molecule has 1 fully saturated rings. The number of halogens is 1. The molecule has 3 N–H and O–H groups in total. The van der Waals surface area contributed by atoms with Gasteiger partial charge >= 0.3 is 0 Å². The molecule has 1 aromatic rings. The zero-order valence-corrected chi connectivity index (χ0v) is 15.9. The molecular weight excluding hydrogens is 336 g/mol. The third kappa shape index (κ3) is 4.59. The van der Waals surface area contributed by atoms with E-state index < -0.39 is 10.0 Å². The van der Waals surface area contributed by atoms with E-state index in [1.807, 2.05) is 0 Å². The lowest BCUT2D eigenvalue weighted by molar-refractivity contribution is -0.787. The molecule has 0 unspecified atom stereocenters. The van der Waals surface area contributed by atoms with E-state index in [0.29, 0.717) is 10.8 Å². The lowest BCUT2D eigenvalue weighted by atomic mass is 9.80. The number of methoxy groups -OCH3 is 1. The molecule has 5 nitrogen and oxygen atoms in total. The van der Waals surface area contributed by atoms with E-state index in [4.69, 9.17) is 16.3 Å². The summed E-state index contributed by atoms with van der Waals surface area (Å²) in [5, 5.41) is 2.67. The Morgan fingerprint density at radius 3 is 2.30 bits per heavy atom. The second kappa shape index (κ2) is 6.24. The topological polar surface area (TPSA) is 72.0 Å². The van der Waals surface area contributed by atoms with E-state index in [0.717, 1.165) is 12.8 Å². The maximum Gasteiger partial charge on any atom is 0.244 e. The van der Waals surface area contributed by atoms with Gasteiger partial charge in [0, 0.05) is 23.9 Å². The molecule has 0 radical (unpaired) electrons. The molecule has 0 aromatic heterocycles. The van der Waals surface area contributed by atoms with Crippen LogP contribution in [0.5, 0.6) is 5.75 Å². The highest BCUT2D eigenvalue weighted by molar-refractivity contribution is 7.89. The van der Waals surface area contributed by atoms with Crippen molar-refractivity contribution < 1.29 is 18.5 Å². The summed E-state index contributed by atoms with van der Waals surface area (Å²) < 4.78 is 33.6. The zero-order chi connectivity index (χ0) is 17.5. The fourth-order valence-corrected chi connectivity index (χ4v) is 5.41. The van der Waals surface area contributed by atoms with Crippen molar-refractivity contribution in [2.75, 3.05) is 7.11 Å². The minimum absolute atomic E-state index is 0.0205. The fraction of sp³-hybridized carbons (Fsp3) is 0.625. The summed E-state index contributed by atoms with van der Waals surface area (Å²) in [6.45, 7) is 8.54. The monoisotopic (exact) mass is 361 g/mol. The van der Waals surface area contributed by atoms with Crippen LogP contribution in [0.2, 0.25) is 5.02 Å². The van der Waals surface area contributed by atoms with E-state index in [2.05, 4.69) is 37.7 Å². The molecule has 0 saturated carbocycles. The molecule has 0 amide bonds. The predicted octanol–water partition coefficient (Wildman–Crippen LogP) is 1.91. The van der Waals surface area contributed by atoms with Crippen molar-refractivity contribution in [3.63, 3.8) is 0 Å². The second-order valence-electron chi connectivity index (χ2n) is 7.64. The van der Waals surface area contributed by atoms with Gasteiger partial charge < -0.3 is 10.1 Å². The van der Waals surface area contributed by atoms with Crippen molar-refractivity contribution in [3.05, 3.63) is 23.2 Å². The van der Waals surface area contributed by atoms with Gasteiger partial charge in [0.15, 0.2) is 0 Å². The molecule has 1 aliphatic rings. The SMILES string of the molecule is COc1ccc(Cl)cc1S(=O)(=O)NC1CC(C)(C)[NH2+]C(C)(C)C1. The Morgan fingerprint density at radius 1 is 1.22 bits per heavy atom. The number of quaternary nitrogens is 1. The van der Waals surface area contributed by atoms with Gasteiger partial charge in [-0.3, -0.25) is 0 Å². The molecule has 1 heterocycles. The minimum Gasteiger partial charge on any atom is -0.495 e. The lowest BCUT2D eigenvalue weighted by Gasteiger charge is -2.43. The van der Waals surface area contributed by atoms with E-state index in [1.54, 1.807) is 12.1 Å². The molecule has 1 aromatic carbocycles. The van der Waals surface area contributed by atoms with E-state index >= 15 is 0 Å². The van der Waals surface area contributed by atoms with Crippen molar-refractivity contribution in [2.45, 2.75) is 62.6 Å². The van der Waals surface area contributed by atoms with Gasteiger partial charge in [-0.1, -0.05) is 11.6 Å². The number of benzene rings is 1. The highest BCUT2D eigenvalue weighted by atomic mass is 35.5. The summed E-state index contributed by atoms with van der Waals surface area (Å²) in [5.41, 5.74) is -0.0410. The van der Waals surface area contributed by atoms with Crippen LogP contribution in [0.4, 0.5) is 0 Å². The van der Waals surface area contributed by atoms with Gasteiger partial charge in [0.2, 0.25) is 10.0 Å². The first-order valence-electron chi connectivity index (χ1n) is 7.67. The highest BCUT2D eigenvalue weighted by Crippen LogP contribution is 2.29. The Bertz CT molecular complexity index is 671. The number of hydrogen-bond acceptors (Lipinski definition) is 3. The summed E-state index contributed by atoms with van der Waals surface area (Å²) in [5.74, 6) is 0.294. The zero-order valence-electron chi connectivity index (χ0n) is 14.3. The summed E-state index contributed by atoms with van der Waals surface area (Å²) >= 11 is 5.96. The Hall–Kier alpha value is -0.820. The van der Waals surface area contributed by atoms with Gasteiger partial charge in [-0.25, -0.2) is 13.1 Å². The van der Waals surface area contributed by atoms with E-state index in [1.165, 1.54) is 13.2 Å². The molecule has 7 heteroatoms. The van der Waals surface area contributed by atoms with Crippen molar-refractivity contribution in [3.8, 4) is 5.75 Å². The summed E-state index contributed by atoms with van der Waals surface area (Å²) in [7, 11) is -2.25. The largest absolute Gasteiger partial charge is 0.495 e. The normalized spacial score (nSPS) is 21.1. The number of nitrogens with one attached hydrogen (secondary N) is 1. The Morgan fingerprint density at radius 2 is 1.78 bits per heavy atom. The number of hydrogen-bond donors (Lipinski definition) is 2. The Labute approximate surface area is 143 Å². The fourth-order valence-electron chi connectivity index (χ4n) is 3.74. The van der Waals surface area contributed by atoms with Gasteiger partial charge in [-0.15, -0.1) is 0 Å². The first kappa shape index (κ1) is 18.5. The highest BCUT2D eigenvalue weighted by Gasteiger charge is 2.43. The van der Waals surface area contributed by atoms with Crippen LogP contribution >= 0.6 is 11.6 Å². The molecular formula is C16H26ClN2O3S+. The number of nitrogens with two attached hydrogens (primary N) is 1. The molecule has 1 saturated heterocycles. The quantitative estimate of drug-likeness (QED) is 0.860. The van der Waals surface area contributed by atoms with Gasteiger partial charge in [0.05, 0.1) is 18.2 Å². The Kier molecular flexibility index (Phi) is 5.02. The standard InChI is InChI=1S/C16H25ClN2O3S/c1-15(2)9-12(10-16(3,4)19-15)18-23(20,21)14-8-11(17)6-7-13(14)22-5/h6-8,12,18-19H,9-10H2,1-5H3/p+1.